The summed E-state index contributed by atoms with van der Waals surface area (Å²) in [6.07, 6.45) is -13.7. The number of pyridine rings is 5. The summed E-state index contributed by atoms with van der Waals surface area (Å²) >= 11 is 9.20. The Morgan fingerprint density at radius 1 is 0.277 bits per heavy atom. The van der Waals surface area contributed by atoms with Crippen LogP contribution in [0.2, 0.25) is 5.02 Å². The lowest BCUT2D eigenvalue weighted by Gasteiger charge is -2.10. The molecule has 0 aliphatic heterocycles. The van der Waals surface area contributed by atoms with Crippen LogP contribution in [0.5, 0.6) is 5.75 Å². The Hall–Kier alpha value is -16.9. The van der Waals surface area contributed by atoms with Crippen molar-refractivity contribution in [1.29, 1.82) is 0 Å². The van der Waals surface area contributed by atoms with E-state index in [0.29, 0.717) is 33.9 Å². The van der Waals surface area contributed by atoms with E-state index >= 15 is 0 Å². The smallest absolute Gasteiger partial charge is 0.435 e. The molecule has 141 heavy (non-hydrogen) atoms. The number of aromatic nitrogens is 20. The molecule has 0 fully saturated rings. The van der Waals surface area contributed by atoms with Crippen LogP contribution in [0.1, 0.15) is 39.6 Å². The summed E-state index contributed by atoms with van der Waals surface area (Å²) in [5.74, 6) is 0.785. The molecule has 716 valence electrons. The molecule has 0 aliphatic carbocycles. The number of hydrogen-bond acceptors (Lipinski definition) is 21. The van der Waals surface area contributed by atoms with Gasteiger partial charge in [-0.05, 0) is 207 Å². The highest BCUT2D eigenvalue weighted by Crippen LogP contribution is 2.44. The molecule has 20 aromatic rings. The van der Waals surface area contributed by atoms with Crippen molar-refractivity contribution in [2.75, 3.05) is 26.6 Å². The van der Waals surface area contributed by atoms with E-state index in [-0.39, 0.29) is 109 Å². The molecule has 48 heteroatoms. The molecule has 20 rings (SSSR count). The van der Waals surface area contributed by atoms with E-state index in [1.54, 1.807) is 103 Å². The number of nitrogens with one attached hydrogen (secondary N) is 5. The van der Waals surface area contributed by atoms with Gasteiger partial charge in [0.2, 0.25) is 0 Å². The van der Waals surface area contributed by atoms with E-state index in [1.807, 2.05) is 55.5 Å². The molecule has 0 atom stereocenters. The van der Waals surface area contributed by atoms with E-state index in [4.69, 9.17) is 11.6 Å². The van der Waals surface area contributed by atoms with Gasteiger partial charge in [-0.2, -0.15) is 87.8 Å². The normalized spacial score (nSPS) is 11.9. The van der Waals surface area contributed by atoms with Crippen LogP contribution in [0.25, 0.3) is 85.8 Å². The predicted octanol–water partition coefficient (Wildman–Crippen LogP) is 26.1. The van der Waals surface area contributed by atoms with E-state index in [2.05, 4.69) is 122 Å². The maximum absolute atomic E-state index is 13.5. The van der Waals surface area contributed by atoms with E-state index < -0.39 is 77.7 Å². The number of nitrogens with zero attached hydrogens (tertiary/aromatic N) is 20. The Kier molecular flexibility index (Phi) is 27.9. The number of rotatable bonds is 17. The molecule has 15 aromatic heterocycles. The fraction of sp³-hybridized carbons (Fsp3) is 0.0860. The zero-order chi connectivity index (χ0) is 99.9. The summed E-state index contributed by atoms with van der Waals surface area (Å²) in [5, 5.41) is 15.4. The molecule has 0 unspecified atom stereocenters. The van der Waals surface area contributed by atoms with Crippen molar-refractivity contribution >= 4 is 113 Å². The first-order valence-electron chi connectivity index (χ1n) is 40.7. The van der Waals surface area contributed by atoms with Crippen molar-refractivity contribution < 1.29 is 92.5 Å². The van der Waals surface area contributed by atoms with Crippen LogP contribution in [-0.2, 0) is 37.1 Å². The van der Waals surface area contributed by atoms with Crippen LogP contribution >= 0.6 is 27.5 Å². The molecular formula is C93H59BrClF20N25O. The molecule has 5 aromatic carbocycles. The number of alkyl halides is 20. The third-order valence-electron chi connectivity index (χ3n) is 19.7. The fourth-order valence-corrected chi connectivity index (χ4v) is 14.0. The van der Waals surface area contributed by atoms with Gasteiger partial charge >= 0.3 is 43.7 Å². The van der Waals surface area contributed by atoms with Gasteiger partial charge in [0.15, 0.2) is 57.6 Å². The molecule has 0 saturated carbocycles. The van der Waals surface area contributed by atoms with Gasteiger partial charge in [0, 0.05) is 99.9 Å². The minimum atomic E-state index is -4.73. The molecule has 0 bridgehead atoms. The lowest BCUT2D eigenvalue weighted by Crippen LogP contribution is -2.09. The second-order valence-electron chi connectivity index (χ2n) is 29.5. The first-order valence-corrected chi connectivity index (χ1v) is 41.9. The molecule has 0 aliphatic rings. The number of fused-ring (bicyclic) bond motifs is 5. The molecule has 0 amide bonds. The highest BCUT2D eigenvalue weighted by atomic mass is 79.9. The largest absolute Gasteiger partial charge is 0.435 e. The van der Waals surface area contributed by atoms with Crippen LogP contribution in [-0.4, -0.2) is 103 Å². The SMILES string of the molecule is Cc1ccc(Nc2ccnc(-c3c(C(F)(F)F)nc4ccccn34)n2)cc1.FC(F)(F)c1ccc(Nc2ccnc(-c3c(C(F)(F)F)nc4ccccn34)n2)cc1.FC(F)(F)c1nc2ccccn2c1-c1nccc(Nc2ccc(Br)cc2)n1.FC(F)(F)c1nc2ccccn2c1-c1nccc(Nc2ccc(Cl)cc2)n1.FC(F)Oc1ccc(Nc2ccnc(-c3c(C(F)(F)F)nc4ccccn34)n2)cc1. The van der Waals surface area contributed by atoms with Crippen LogP contribution in [0.15, 0.2) is 309 Å². The maximum Gasteiger partial charge on any atom is 0.435 e. The first kappa shape index (κ1) is 97.2. The summed E-state index contributed by atoms with van der Waals surface area (Å²) in [6.45, 7) is -0.975. The summed E-state index contributed by atoms with van der Waals surface area (Å²) in [6, 6.07) is 62.5. The molecule has 15 heterocycles. The van der Waals surface area contributed by atoms with Crippen molar-refractivity contribution in [3.05, 3.63) is 354 Å². The van der Waals surface area contributed by atoms with Gasteiger partial charge in [0.05, 0.1) is 5.56 Å². The van der Waals surface area contributed by atoms with Gasteiger partial charge in [-0.3, -0.25) is 22.0 Å². The monoisotopic (exact) mass is 2040 g/mol. The number of anilines is 10. The van der Waals surface area contributed by atoms with Gasteiger partial charge in [-0.15, -0.1) is 0 Å². The second kappa shape index (κ2) is 40.4. The topological polar surface area (TPSA) is 285 Å². The third-order valence-corrected chi connectivity index (χ3v) is 20.5. The van der Waals surface area contributed by atoms with Crippen LogP contribution in [0, 0.1) is 6.92 Å². The van der Waals surface area contributed by atoms with Crippen molar-refractivity contribution in [2.45, 2.75) is 50.6 Å². The molecule has 0 spiro atoms. The minimum Gasteiger partial charge on any atom is -0.435 e. The van der Waals surface area contributed by atoms with E-state index in [0.717, 1.165) is 33.5 Å². The molecule has 26 nitrogen and oxygen atoms in total. The average molecular weight is 2040 g/mol. The summed E-state index contributed by atoms with van der Waals surface area (Å²) in [7, 11) is 0. The molecule has 0 saturated heterocycles. The fourth-order valence-electron chi connectivity index (χ4n) is 13.7. The van der Waals surface area contributed by atoms with Crippen molar-refractivity contribution in [2.24, 2.45) is 0 Å². The predicted molar refractivity (Wildman–Crippen MR) is 484 cm³/mol. The van der Waals surface area contributed by atoms with Crippen LogP contribution < -0.4 is 31.3 Å². The van der Waals surface area contributed by atoms with E-state index in [9.17, 15) is 87.8 Å². The second-order valence-corrected chi connectivity index (χ2v) is 30.8. The Morgan fingerprint density at radius 3 is 0.738 bits per heavy atom. The Bertz CT molecular complexity index is 7390. The van der Waals surface area contributed by atoms with Crippen molar-refractivity contribution in [1.82, 2.24) is 96.8 Å². The van der Waals surface area contributed by atoms with E-state index in [1.165, 1.54) is 163 Å². The number of imidazole rings is 5. The first-order chi connectivity index (χ1) is 67.2. The number of halogens is 22. The van der Waals surface area contributed by atoms with Crippen molar-refractivity contribution in [3.63, 3.8) is 0 Å². The molecular weight excluding hydrogens is 1980 g/mol. The summed E-state index contributed by atoms with van der Waals surface area (Å²) < 4.78 is 277. The Labute approximate surface area is 792 Å². The number of aryl methyl sites for hydroxylation is 1. The Balaban J connectivity index is 0.000000127. The van der Waals surface area contributed by atoms with Crippen LogP contribution in [0.4, 0.5) is 145 Å². The van der Waals surface area contributed by atoms with Crippen molar-refractivity contribution in [3.8, 4) is 63.3 Å². The molecule has 5 N–H and O–H groups in total. The highest BCUT2D eigenvalue weighted by molar-refractivity contribution is 9.10. The maximum atomic E-state index is 13.5. The summed E-state index contributed by atoms with van der Waals surface area (Å²) in [4.78, 5) is 59.5. The zero-order valence-corrected chi connectivity index (χ0v) is 73.5. The molecule has 0 radical (unpaired) electrons. The lowest BCUT2D eigenvalue weighted by molar-refractivity contribution is -0.141. The summed E-state index contributed by atoms with van der Waals surface area (Å²) in [5.41, 5.74) is -2.57. The quantitative estimate of drug-likeness (QED) is 0.0530. The van der Waals surface area contributed by atoms with Gasteiger partial charge in [-0.1, -0.05) is 75.6 Å². The zero-order valence-electron chi connectivity index (χ0n) is 71.1. The standard InChI is InChI=1S/C19H11F6N5.C19H12F5N5O.C19H14F3N5.C18H11BrF3N5.C18H11ClF3N5/c20-18(21,22)11-4-6-12(7-5-11)27-13-8-9-26-17(28-13)15-16(19(23,24)25)29-14-3-1-2-10-30(14)15;20-18(21)30-12-6-4-11(5-7-12)26-13-8-9-25-17(27-13)15-16(19(22,23)24)28-14-3-1-2-10-29(14)15;1-12-5-7-13(8-6-12)24-14-9-10-23-18(25-14)16-17(19(20,21)22)26-15-4-2-3-11-27(15)16;2*19-11-4-6-12(7-5-11)24-13-8-9-23-17(25-13)15-16(18(20,21)22)26-14-3-1-2-10-27(14)15/h1-10H,(H,26,27,28);1-10,18H,(H,25,26,27);2-11H,1H3,(H,23,24,25);2*1-10H,(H,23,24,25). The average Bonchev–Trinajstić information content (AvgIpc) is 1.64. The number of benzene rings is 5. The highest BCUT2D eigenvalue weighted by Gasteiger charge is 2.44. The number of hydrogen-bond donors (Lipinski definition) is 5. The van der Waals surface area contributed by atoms with Gasteiger partial charge in [0.1, 0.15) is 91.5 Å². The Morgan fingerprint density at radius 2 is 0.504 bits per heavy atom. The van der Waals surface area contributed by atoms with Gasteiger partial charge < -0.3 is 31.3 Å². The van der Waals surface area contributed by atoms with Gasteiger partial charge in [0.25, 0.3) is 0 Å². The number of ether oxygens (including phenoxy) is 1. The van der Waals surface area contributed by atoms with Crippen LogP contribution in [0.3, 0.4) is 0 Å². The third kappa shape index (κ3) is 23.4. The lowest BCUT2D eigenvalue weighted by atomic mass is 10.2. The van der Waals surface area contributed by atoms with Gasteiger partial charge in [-0.25, -0.2) is 74.8 Å². The minimum absolute atomic E-state index is 0.0283.